The number of hydrogen-bond donors (Lipinski definition) is 10. The van der Waals surface area contributed by atoms with E-state index in [1.165, 1.54) is 20.8 Å². The maximum Gasteiger partial charge on any atom is 0.325 e. The number of amides is 8. The Hall–Kier alpha value is -4.81. The molecule has 348 valence electrons. The van der Waals surface area contributed by atoms with Crippen molar-refractivity contribution in [1.29, 1.82) is 0 Å². The van der Waals surface area contributed by atoms with Crippen LogP contribution in [0.4, 0.5) is 0 Å². The molecule has 0 bridgehead atoms. The monoisotopic (exact) mass is 866 g/mol. The fraction of sp³-hybridized carbons (Fsp3) is 0.786. The highest BCUT2D eigenvalue weighted by Crippen LogP contribution is 2.13. The molecule has 10 N–H and O–H groups in total. The Morgan fingerprint density at radius 3 is 1.18 bits per heavy atom. The molecule has 0 aromatic rings. The van der Waals surface area contributed by atoms with Gasteiger partial charge in [-0.15, -0.1) is 0 Å². The van der Waals surface area contributed by atoms with Crippen LogP contribution in [0.3, 0.4) is 0 Å². The number of carboxylic acids is 1. The van der Waals surface area contributed by atoms with Gasteiger partial charge in [-0.25, -0.2) is 0 Å². The molecule has 0 saturated carbocycles. The van der Waals surface area contributed by atoms with Crippen molar-refractivity contribution >= 4 is 53.2 Å². The molecule has 61 heavy (non-hydrogen) atoms. The summed E-state index contributed by atoms with van der Waals surface area (Å²) in [5.74, 6) is -7.04. The number of hydrogen-bond acceptors (Lipinski definition) is 10. The van der Waals surface area contributed by atoms with Crippen LogP contribution >= 0.6 is 0 Å². The first-order valence-electron chi connectivity index (χ1n) is 21.6. The highest BCUT2D eigenvalue weighted by molar-refractivity contribution is 5.98. The van der Waals surface area contributed by atoms with Crippen molar-refractivity contribution < 1.29 is 48.3 Å². The zero-order chi connectivity index (χ0) is 46.9. The Balaban J connectivity index is 3.03. The molecule has 1 fully saturated rings. The van der Waals surface area contributed by atoms with E-state index in [2.05, 4.69) is 47.9 Å². The van der Waals surface area contributed by atoms with E-state index in [0.29, 0.717) is 19.4 Å². The maximum absolute atomic E-state index is 13.7. The number of nitrogens with one attached hydrogen (secondary N) is 9. The maximum atomic E-state index is 13.7. The molecule has 1 heterocycles. The Kier molecular flexibility index (Phi) is 23.0. The lowest BCUT2D eigenvalue weighted by Crippen LogP contribution is -2.60. The van der Waals surface area contributed by atoms with Gasteiger partial charge in [-0.2, -0.15) is 0 Å². The molecule has 1 rings (SSSR count). The van der Waals surface area contributed by atoms with Crippen LogP contribution in [0.25, 0.3) is 0 Å². The number of carboxylic acid groups (broad SMARTS) is 1. The first-order chi connectivity index (χ1) is 28.2. The third-order valence-electron chi connectivity index (χ3n) is 10.1. The summed E-state index contributed by atoms with van der Waals surface area (Å²) in [6.07, 6.45) is 2.24. The first kappa shape index (κ1) is 54.2. The zero-order valence-corrected chi connectivity index (χ0v) is 38.4. The Bertz CT molecular complexity index is 1530. The van der Waals surface area contributed by atoms with Crippen LogP contribution in [-0.2, 0) is 43.2 Å². The smallest absolute Gasteiger partial charge is 0.325 e. The largest absolute Gasteiger partial charge is 0.480 e. The molecule has 9 atom stereocenters. The van der Waals surface area contributed by atoms with Crippen molar-refractivity contribution in [1.82, 2.24) is 47.9 Å². The van der Waals surface area contributed by atoms with Gasteiger partial charge in [0.05, 0.1) is 6.04 Å². The standard InChI is InChI=1S/C42H75N9O10/c1-20(2)17-29(49-41(59)33(24(9)10)51-39(57)31(19-22(5)6)48-36(54)28-15-14-16-43-28)37(55)45-25(11)34(52)44-26(12)35(53)47-30(18-21(3)4)38(56)50-32(23(7)8)40(58)46-27(13)42(60)61/h20-33,43H,14-19H2,1-13H3,(H,44,52)(H,45,55)(H,46,58)(H,47,53)(H,48,54)(H,49,59)(H,50,56)(H,51,57)(H,60,61)/t25-,26-,27-,28-,29-,30-,31-,32-,33-/m0/s1. The Labute approximate surface area is 361 Å². The third kappa shape index (κ3) is 19.2. The summed E-state index contributed by atoms with van der Waals surface area (Å²) in [6, 6.07) is -9.16. The van der Waals surface area contributed by atoms with Gasteiger partial charge in [-0.3, -0.25) is 43.2 Å². The second-order valence-corrected chi connectivity index (χ2v) is 18.2. The van der Waals surface area contributed by atoms with Crippen LogP contribution in [-0.4, -0.2) is 119 Å². The molecule has 19 heteroatoms. The summed E-state index contributed by atoms with van der Waals surface area (Å²) in [5.41, 5.74) is 0. The van der Waals surface area contributed by atoms with Gasteiger partial charge in [0, 0.05) is 0 Å². The van der Waals surface area contributed by atoms with E-state index in [9.17, 15) is 48.3 Å². The lowest BCUT2D eigenvalue weighted by Gasteiger charge is -2.29. The second kappa shape index (κ2) is 25.8. The van der Waals surface area contributed by atoms with E-state index in [1.54, 1.807) is 27.7 Å². The molecule has 0 radical (unpaired) electrons. The quantitative estimate of drug-likeness (QED) is 0.0592. The van der Waals surface area contributed by atoms with Gasteiger partial charge in [-0.05, 0) is 89.0 Å². The highest BCUT2D eigenvalue weighted by atomic mass is 16.4. The lowest BCUT2D eigenvalue weighted by atomic mass is 9.98. The number of carbonyl (C=O) groups excluding carboxylic acids is 8. The van der Waals surface area contributed by atoms with Crippen molar-refractivity contribution in [3.63, 3.8) is 0 Å². The van der Waals surface area contributed by atoms with Gasteiger partial charge in [-0.1, -0.05) is 69.2 Å². The summed E-state index contributed by atoms with van der Waals surface area (Å²) < 4.78 is 0. The number of carbonyl (C=O) groups is 9. The molecule has 0 spiro atoms. The van der Waals surface area contributed by atoms with Gasteiger partial charge in [0.25, 0.3) is 0 Å². The third-order valence-corrected chi connectivity index (χ3v) is 10.1. The lowest BCUT2D eigenvalue weighted by molar-refractivity contribution is -0.142. The van der Waals surface area contributed by atoms with Crippen molar-refractivity contribution in [3.05, 3.63) is 0 Å². The van der Waals surface area contributed by atoms with Crippen molar-refractivity contribution in [2.75, 3.05) is 6.54 Å². The molecule has 0 aromatic carbocycles. The van der Waals surface area contributed by atoms with Gasteiger partial charge in [0.1, 0.15) is 48.3 Å². The minimum absolute atomic E-state index is 0.0601. The van der Waals surface area contributed by atoms with Crippen LogP contribution in [0, 0.1) is 29.6 Å². The van der Waals surface area contributed by atoms with Crippen molar-refractivity contribution in [2.45, 2.75) is 176 Å². The van der Waals surface area contributed by atoms with Crippen LogP contribution in [0.15, 0.2) is 0 Å². The average Bonchev–Trinajstić information content (AvgIpc) is 3.69. The Morgan fingerprint density at radius 1 is 0.459 bits per heavy atom. The normalized spacial score (nSPS) is 17.9. The van der Waals surface area contributed by atoms with Gasteiger partial charge < -0.3 is 53.0 Å². The molecule has 1 aliphatic heterocycles. The molecule has 1 saturated heterocycles. The molecule has 8 amide bonds. The van der Waals surface area contributed by atoms with Gasteiger partial charge in [0.15, 0.2) is 0 Å². The minimum atomic E-state index is -1.25. The van der Waals surface area contributed by atoms with Crippen molar-refractivity contribution in [2.24, 2.45) is 29.6 Å². The Morgan fingerprint density at radius 2 is 0.803 bits per heavy atom. The van der Waals surface area contributed by atoms with E-state index in [0.717, 1.165) is 6.42 Å². The molecule has 0 unspecified atom stereocenters. The van der Waals surface area contributed by atoms with Crippen LogP contribution in [0.5, 0.6) is 0 Å². The summed E-state index contributed by atoms with van der Waals surface area (Å²) >= 11 is 0. The molecule has 0 aliphatic carbocycles. The van der Waals surface area contributed by atoms with Crippen LogP contribution < -0.4 is 47.9 Å². The van der Waals surface area contributed by atoms with E-state index >= 15 is 0 Å². The zero-order valence-electron chi connectivity index (χ0n) is 38.4. The number of aliphatic carboxylic acids is 1. The molecule has 0 aromatic heterocycles. The van der Waals surface area contributed by atoms with Gasteiger partial charge in [0.2, 0.25) is 47.3 Å². The van der Waals surface area contributed by atoms with E-state index < -0.39 is 114 Å². The minimum Gasteiger partial charge on any atom is -0.480 e. The topological polar surface area (TPSA) is 282 Å². The highest BCUT2D eigenvalue weighted by Gasteiger charge is 2.35. The van der Waals surface area contributed by atoms with E-state index in [-0.39, 0.29) is 36.5 Å². The average molecular weight is 866 g/mol. The molecular formula is C42H75N9O10. The second-order valence-electron chi connectivity index (χ2n) is 18.2. The fourth-order valence-corrected chi connectivity index (χ4v) is 6.57. The predicted octanol–water partition coefficient (Wildman–Crippen LogP) is 0.211. The summed E-state index contributed by atoms with van der Waals surface area (Å²) in [7, 11) is 0. The summed E-state index contributed by atoms with van der Waals surface area (Å²) in [5, 5.41) is 33.4. The van der Waals surface area contributed by atoms with Gasteiger partial charge >= 0.3 is 5.97 Å². The van der Waals surface area contributed by atoms with Crippen molar-refractivity contribution in [3.8, 4) is 0 Å². The molecule has 19 nitrogen and oxygen atoms in total. The summed E-state index contributed by atoms with van der Waals surface area (Å²) in [4.78, 5) is 118. The molecular weight excluding hydrogens is 791 g/mol. The summed E-state index contributed by atoms with van der Waals surface area (Å²) in [6.45, 7) is 22.9. The fourth-order valence-electron chi connectivity index (χ4n) is 6.57. The number of rotatable bonds is 25. The predicted molar refractivity (Wildman–Crippen MR) is 229 cm³/mol. The van der Waals surface area contributed by atoms with E-state index in [4.69, 9.17) is 0 Å². The van der Waals surface area contributed by atoms with Crippen LogP contribution in [0.2, 0.25) is 0 Å². The molecule has 1 aliphatic rings. The van der Waals surface area contributed by atoms with E-state index in [1.807, 2.05) is 41.5 Å². The SMILES string of the molecule is CC(C)C[C@H](NC(=O)[C@H](C)NC(=O)[C@H](C)NC(=O)[C@H](CC(C)C)NC(=O)[C@@H](NC(=O)[C@H](CC(C)C)NC(=O)[C@@H]1CCCN1)C(C)C)C(=O)N[C@H](C(=O)N[C@@H](C)C(=O)O)C(C)C. The first-order valence-corrected chi connectivity index (χ1v) is 21.6. The van der Waals surface area contributed by atoms with Crippen LogP contribution in [0.1, 0.15) is 122 Å².